The van der Waals surface area contributed by atoms with E-state index in [0.29, 0.717) is 0 Å². The van der Waals surface area contributed by atoms with Crippen molar-refractivity contribution in [1.29, 1.82) is 0 Å². The van der Waals surface area contributed by atoms with Crippen molar-refractivity contribution in [2.45, 2.75) is 137 Å². The van der Waals surface area contributed by atoms with Crippen LogP contribution < -0.4 is 22.8 Å². The molecule has 370 valence electrons. The highest BCUT2D eigenvalue weighted by atomic mass is 15.2. The molecule has 0 spiro atoms. The summed E-state index contributed by atoms with van der Waals surface area (Å²) in [6.07, 6.45) is 7.61. The van der Waals surface area contributed by atoms with Gasteiger partial charge in [-0.15, -0.1) is 24.9 Å². The second kappa shape index (κ2) is 21.8. The summed E-state index contributed by atoms with van der Waals surface area (Å²) < 4.78 is 22.2. The number of rotatable bonds is 5. The Kier molecular flexibility index (Phi) is 16.3. The lowest BCUT2D eigenvalue weighted by molar-refractivity contribution is -0.676. The van der Waals surface area contributed by atoms with E-state index in [1.807, 2.05) is 37.8 Å². The lowest BCUT2D eigenvalue weighted by Gasteiger charge is -1.97. The van der Waals surface area contributed by atoms with Crippen molar-refractivity contribution < 1.29 is 22.8 Å². The van der Waals surface area contributed by atoms with Crippen LogP contribution in [-0.2, 0) is 68.0 Å². The van der Waals surface area contributed by atoms with Gasteiger partial charge in [-0.2, -0.15) is 0 Å². The number of imidazole rings is 5. The molecule has 10 rings (SSSR count). The van der Waals surface area contributed by atoms with Gasteiger partial charge in [0, 0.05) is 40.2 Å². The lowest BCUT2D eigenvalue weighted by Crippen LogP contribution is -2.35. The normalized spacial score (nSPS) is 11.1. The van der Waals surface area contributed by atoms with E-state index in [0.717, 1.165) is 66.7 Å². The maximum Gasteiger partial charge on any atom is 0.302 e. The van der Waals surface area contributed by atoms with Crippen LogP contribution >= 0.6 is 0 Å². The first kappa shape index (κ1) is 52.5. The van der Waals surface area contributed by atoms with E-state index in [4.69, 9.17) is 0 Å². The molecule has 0 bridgehead atoms. The zero-order chi connectivity index (χ0) is 51.5. The molecule has 0 radical (unpaired) electrons. The van der Waals surface area contributed by atoms with Gasteiger partial charge >= 0.3 is 28.2 Å². The predicted octanol–water partition coefficient (Wildman–Crippen LogP) is 7.49. The van der Waals surface area contributed by atoms with Gasteiger partial charge in [0.2, 0.25) is 29.1 Å². The van der Waals surface area contributed by atoms with Gasteiger partial charge < -0.3 is 0 Å². The zero-order valence-electron chi connectivity index (χ0n) is 46.0. The van der Waals surface area contributed by atoms with Crippen molar-refractivity contribution in [1.82, 2.24) is 47.8 Å². The summed E-state index contributed by atoms with van der Waals surface area (Å²) in [6.45, 7) is 36.7. The van der Waals surface area contributed by atoms with E-state index in [1.165, 1.54) is 79.0 Å². The SMILES string of the molecule is CC[n+]1c(C)n(C)c2c(C)c(C)cnc21.CC[n+]1c(C)n(C)c2c(C)ccnc21.CC[n+]1c(C)n(C)c2cc(C)cnc21.CC[n+]1c(C)n(C)c2ccc(C)nc21.CC[n+]1c(C)n(C)c2cccnc21. The number of aromatic nitrogens is 15. The minimum Gasteiger partial charge on any atom is -0.260 e. The van der Waals surface area contributed by atoms with Crippen molar-refractivity contribution in [2.24, 2.45) is 35.2 Å². The third kappa shape index (κ3) is 9.67. The van der Waals surface area contributed by atoms with Crippen LogP contribution in [0.15, 0.2) is 61.2 Å². The van der Waals surface area contributed by atoms with Gasteiger partial charge in [-0.25, -0.2) is 22.8 Å². The fourth-order valence-corrected chi connectivity index (χ4v) is 9.68. The molecule has 0 atom stereocenters. The van der Waals surface area contributed by atoms with Crippen LogP contribution in [0.25, 0.3) is 55.8 Å². The van der Waals surface area contributed by atoms with Crippen LogP contribution in [0.1, 0.15) is 91.7 Å². The average molecular weight is 951 g/mol. The summed E-state index contributed by atoms with van der Waals surface area (Å²) in [5, 5.41) is 0. The Morgan fingerprint density at radius 2 is 0.829 bits per heavy atom. The molecule has 0 unspecified atom stereocenters. The standard InChI is InChI=1S/C12H18N3.3C11H16N3.C10H14N3/c1-6-15-10(4)14(5)11-9(3)8(2)7-13-12(11)15;1-5-14-9(3)13(4)10-6-8(2)7-12-11(10)14;1-5-14-9(3)13(4)10-8(2)6-7-12-11(10)14;1-5-14-9(3)13(4)10-7-6-8(2)12-11(10)14;1-4-13-8(2)12(3)9-6-5-7-11-10(9)13/h7H,6H2,1-5H3;3*6-7H,5H2,1-4H3;5-7H,4H2,1-3H3/q5*+1. The molecular formula is C55H80N15+5. The van der Waals surface area contributed by atoms with Crippen LogP contribution in [0, 0.1) is 69.2 Å². The van der Waals surface area contributed by atoms with Gasteiger partial charge in [-0.1, -0.05) is 0 Å². The van der Waals surface area contributed by atoms with Gasteiger partial charge in [0.25, 0.3) is 0 Å². The Labute approximate surface area is 415 Å². The molecule has 0 aliphatic heterocycles. The minimum atomic E-state index is 0.971. The highest BCUT2D eigenvalue weighted by Gasteiger charge is 2.23. The second-order valence-corrected chi connectivity index (χ2v) is 18.3. The molecule has 0 N–H and O–H groups in total. The molecule has 70 heavy (non-hydrogen) atoms. The quantitative estimate of drug-likeness (QED) is 0.166. The Hall–Kier alpha value is -6.90. The number of aryl methyl sites for hydroxylation is 15. The van der Waals surface area contributed by atoms with E-state index in [2.05, 4.69) is 233 Å². The second-order valence-electron chi connectivity index (χ2n) is 18.3. The van der Waals surface area contributed by atoms with Gasteiger partial charge in [0.1, 0.15) is 30.5 Å². The largest absolute Gasteiger partial charge is 0.302 e. The third-order valence-electron chi connectivity index (χ3n) is 14.4. The summed E-state index contributed by atoms with van der Waals surface area (Å²) in [5.74, 6) is 6.26. The predicted molar refractivity (Wildman–Crippen MR) is 280 cm³/mol. The molecule has 0 aliphatic carbocycles. The topological polar surface area (TPSA) is 108 Å². The molecule has 10 aromatic rings. The highest BCUT2D eigenvalue weighted by Crippen LogP contribution is 2.19. The molecule has 15 heteroatoms. The Morgan fingerprint density at radius 1 is 0.400 bits per heavy atom. The minimum absolute atomic E-state index is 0.971. The smallest absolute Gasteiger partial charge is 0.260 e. The molecule has 15 nitrogen and oxygen atoms in total. The highest BCUT2D eigenvalue weighted by molar-refractivity contribution is 5.74. The third-order valence-corrected chi connectivity index (χ3v) is 14.4. The van der Waals surface area contributed by atoms with Gasteiger partial charge in [0.05, 0.1) is 68.0 Å². The molecule has 0 saturated carbocycles. The monoisotopic (exact) mass is 951 g/mol. The van der Waals surface area contributed by atoms with Gasteiger partial charge in [-0.3, -0.25) is 22.8 Å². The van der Waals surface area contributed by atoms with E-state index < -0.39 is 0 Å². The van der Waals surface area contributed by atoms with Crippen LogP contribution in [0.4, 0.5) is 0 Å². The summed E-state index contributed by atoms with van der Waals surface area (Å²) >= 11 is 0. The molecule has 0 amide bonds. The van der Waals surface area contributed by atoms with Crippen LogP contribution in [0.3, 0.4) is 0 Å². The molecule has 0 saturated heterocycles. The van der Waals surface area contributed by atoms with Crippen LogP contribution in [0.5, 0.6) is 0 Å². The first-order valence-corrected chi connectivity index (χ1v) is 24.8. The Morgan fingerprint density at radius 3 is 1.39 bits per heavy atom. The van der Waals surface area contributed by atoms with E-state index in [-0.39, 0.29) is 0 Å². The number of pyridine rings is 5. The summed E-state index contributed by atoms with van der Waals surface area (Å²) in [6, 6.07) is 12.5. The van der Waals surface area contributed by atoms with Crippen LogP contribution in [0.2, 0.25) is 0 Å². The fourth-order valence-electron chi connectivity index (χ4n) is 9.68. The fraction of sp³-hybridized carbons (Fsp3) is 0.455. The van der Waals surface area contributed by atoms with Crippen molar-refractivity contribution in [3.05, 3.63) is 118 Å². The first-order valence-electron chi connectivity index (χ1n) is 24.8. The summed E-state index contributed by atoms with van der Waals surface area (Å²) in [5.41, 5.74) is 17.7. The maximum absolute atomic E-state index is 4.57. The van der Waals surface area contributed by atoms with Crippen molar-refractivity contribution in [2.75, 3.05) is 0 Å². The van der Waals surface area contributed by atoms with E-state index >= 15 is 0 Å². The first-order chi connectivity index (χ1) is 33.3. The maximum atomic E-state index is 4.57. The Bertz CT molecular complexity index is 3480. The van der Waals surface area contributed by atoms with Crippen LogP contribution in [-0.4, -0.2) is 47.8 Å². The van der Waals surface area contributed by atoms with E-state index in [9.17, 15) is 0 Å². The summed E-state index contributed by atoms with van der Waals surface area (Å²) in [4.78, 5) is 22.4. The van der Waals surface area contributed by atoms with Crippen molar-refractivity contribution in [3.8, 4) is 0 Å². The van der Waals surface area contributed by atoms with Crippen molar-refractivity contribution in [3.63, 3.8) is 0 Å². The number of hydrogen-bond acceptors (Lipinski definition) is 5. The molecule has 10 aromatic heterocycles. The number of nitrogens with zero attached hydrogens (tertiary/aromatic N) is 15. The molecule has 0 aromatic carbocycles. The average Bonchev–Trinajstić information content (AvgIpc) is 4.02. The zero-order valence-corrected chi connectivity index (χ0v) is 46.0. The molecule has 0 fully saturated rings. The van der Waals surface area contributed by atoms with Gasteiger partial charge in [0.15, 0.2) is 27.6 Å². The Balaban J connectivity index is 0.000000144. The molecule has 0 aliphatic rings. The number of fused-ring (bicyclic) bond motifs is 5. The molecular weight excluding hydrogens is 871 g/mol. The number of hydrogen-bond donors (Lipinski definition) is 0. The summed E-state index contributed by atoms with van der Waals surface area (Å²) in [7, 11) is 10.5. The van der Waals surface area contributed by atoms with Crippen molar-refractivity contribution >= 4 is 55.8 Å². The lowest BCUT2D eigenvalue weighted by atomic mass is 10.1. The van der Waals surface area contributed by atoms with E-state index in [1.54, 1.807) is 0 Å². The molecule has 10 heterocycles. The van der Waals surface area contributed by atoms with Gasteiger partial charge in [-0.05, 0) is 122 Å².